The van der Waals surface area contributed by atoms with E-state index in [9.17, 15) is 0 Å². The summed E-state index contributed by atoms with van der Waals surface area (Å²) in [6.45, 7) is 1.25. The van der Waals surface area contributed by atoms with Gasteiger partial charge in [-0.25, -0.2) is 0 Å². The van der Waals surface area contributed by atoms with Crippen LogP contribution in [0.2, 0.25) is 0 Å². The molecule has 3 fully saturated rings. The summed E-state index contributed by atoms with van der Waals surface area (Å²) in [7, 11) is 0. The van der Waals surface area contributed by atoms with Crippen molar-refractivity contribution in [2.45, 2.75) is 44.6 Å². The highest BCUT2D eigenvalue weighted by Crippen LogP contribution is 2.60. The third kappa shape index (κ3) is 2.15. The van der Waals surface area contributed by atoms with Gasteiger partial charge in [0.25, 0.3) is 0 Å². The molecule has 0 aromatic carbocycles. The quantitative estimate of drug-likeness (QED) is 0.866. The lowest BCUT2D eigenvalue weighted by Crippen LogP contribution is -2.36. The molecular formula is C14H20N2S. The number of nitrogens with zero attached hydrogens (tertiary/aromatic N) is 1. The Bertz CT molecular complexity index is 386. The van der Waals surface area contributed by atoms with Crippen molar-refractivity contribution in [1.82, 2.24) is 10.3 Å². The molecule has 92 valence electrons. The summed E-state index contributed by atoms with van der Waals surface area (Å²) in [5.41, 5.74) is 2.55. The maximum Gasteiger partial charge on any atom is 0.0794 e. The summed E-state index contributed by atoms with van der Waals surface area (Å²) < 4.78 is 0. The fourth-order valence-corrected chi connectivity index (χ4v) is 4.47. The van der Waals surface area contributed by atoms with E-state index in [0.29, 0.717) is 5.41 Å². The smallest absolute Gasteiger partial charge is 0.0794 e. The van der Waals surface area contributed by atoms with Crippen molar-refractivity contribution in [3.8, 4) is 0 Å². The Morgan fingerprint density at radius 1 is 1.35 bits per heavy atom. The first-order valence-corrected chi connectivity index (χ1v) is 7.82. The minimum absolute atomic E-state index is 0.572. The van der Waals surface area contributed by atoms with E-state index in [1.807, 2.05) is 16.8 Å². The third-order valence-corrected chi connectivity index (χ3v) is 5.61. The van der Waals surface area contributed by atoms with Crippen LogP contribution in [0.3, 0.4) is 0 Å². The van der Waals surface area contributed by atoms with E-state index in [1.165, 1.54) is 49.9 Å². The molecule has 17 heavy (non-hydrogen) atoms. The van der Waals surface area contributed by atoms with Gasteiger partial charge in [-0.2, -0.15) is 0 Å². The van der Waals surface area contributed by atoms with Crippen LogP contribution in [-0.4, -0.2) is 17.6 Å². The highest BCUT2D eigenvalue weighted by Gasteiger charge is 2.53. The van der Waals surface area contributed by atoms with E-state index in [2.05, 4.69) is 16.5 Å². The summed E-state index contributed by atoms with van der Waals surface area (Å²) in [6.07, 6.45) is 10.6. The zero-order chi connectivity index (χ0) is 11.3. The maximum atomic E-state index is 4.23. The van der Waals surface area contributed by atoms with Crippen LogP contribution in [0.25, 0.3) is 0 Å². The zero-order valence-corrected chi connectivity index (χ0v) is 11.0. The van der Waals surface area contributed by atoms with Crippen LogP contribution in [0.5, 0.6) is 0 Å². The zero-order valence-electron chi connectivity index (χ0n) is 10.2. The lowest BCUT2D eigenvalue weighted by Gasteiger charge is -2.31. The molecule has 0 radical (unpaired) electrons. The SMILES string of the molecule is c1ncc(CC2(CNC3CC3)CC3CC3C2)s1. The third-order valence-electron chi connectivity index (χ3n) is 4.84. The van der Waals surface area contributed by atoms with Crippen molar-refractivity contribution in [2.75, 3.05) is 6.54 Å². The van der Waals surface area contributed by atoms with Gasteiger partial charge in [0.15, 0.2) is 0 Å². The van der Waals surface area contributed by atoms with Gasteiger partial charge in [0, 0.05) is 23.7 Å². The topological polar surface area (TPSA) is 24.9 Å². The molecular weight excluding hydrogens is 228 g/mol. The lowest BCUT2D eigenvalue weighted by atomic mass is 9.79. The number of nitrogens with one attached hydrogen (secondary N) is 1. The van der Waals surface area contributed by atoms with Crippen LogP contribution >= 0.6 is 11.3 Å². The summed E-state index contributed by atoms with van der Waals surface area (Å²) in [4.78, 5) is 5.72. The summed E-state index contributed by atoms with van der Waals surface area (Å²) in [5, 5.41) is 3.78. The average Bonchev–Trinajstić information content (AvgIpc) is 3.20. The number of hydrogen-bond donors (Lipinski definition) is 1. The standard InChI is InChI=1S/C14H20N2S/c1-2-12(1)16-8-14(4-10-3-11(10)5-14)6-13-7-15-9-17-13/h7,9-12,16H,1-6,8H2. The highest BCUT2D eigenvalue weighted by molar-refractivity contribution is 7.09. The number of rotatable bonds is 5. The van der Waals surface area contributed by atoms with Crippen molar-refractivity contribution in [2.24, 2.45) is 17.3 Å². The van der Waals surface area contributed by atoms with Gasteiger partial charge in [0.1, 0.15) is 0 Å². The Morgan fingerprint density at radius 3 is 2.82 bits per heavy atom. The van der Waals surface area contributed by atoms with E-state index in [4.69, 9.17) is 0 Å². The molecule has 0 bridgehead atoms. The summed E-state index contributed by atoms with van der Waals surface area (Å²) in [5.74, 6) is 2.15. The fraction of sp³-hybridized carbons (Fsp3) is 0.786. The lowest BCUT2D eigenvalue weighted by molar-refractivity contribution is 0.249. The van der Waals surface area contributed by atoms with Crippen molar-refractivity contribution in [3.63, 3.8) is 0 Å². The van der Waals surface area contributed by atoms with E-state index in [-0.39, 0.29) is 0 Å². The van der Waals surface area contributed by atoms with Gasteiger partial charge in [-0.3, -0.25) is 4.98 Å². The number of aromatic nitrogens is 1. The molecule has 3 heteroatoms. The molecule has 1 aromatic rings. The molecule has 2 atom stereocenters. The molecule has 2 nitrogen and oxygen atoms in total. The first-order valence-electron chi connectivity index (χ1n) is 6.94. The number of fused-ring (bicyclic) bond motifs is 1. The van der Waals surface area contributed by atoms with E-state index in [1.54, 1.807) is 0 Å². The molecule has 1 N–H and O–H groups in total. The molecule has 1 aromatic heterocycles. The van der Waals surface area contributed by atoms with Crippen molar-refractivity contribution in [3.05, 3.63) is 16.6 Å². The van der Waals surface area contributed by atoms with E-state index < -0.39 is 0 Å². The van der Waals surface area contributed by atoms with Crippen LogP contribution in [0.4, 0.5) is 0 Å². The molecule has 1 heterocycles. The second kappa shape index (κ2) is 3.79. The van der Waals surface area contributed by atoms with Gasteiger partial charge in [-0.1, -0.05) is 0 Å². The van der Waals surface area contributed by atoms with Gasteiger partial charge in [0.2, 0.25) is 0 Å². The minimum atomic E-state index is 0.572. The van der Waals surface area contributed by atoms with Crippen molar-refractivity contribution >= 4 is 11.3 Å². The fourth-order valence-electron chi connectivity index (χ4n) is 3.70. The molecule has 0 saturated heterocycles. The van der Waals surface area contributed by atoms with Crippen molar-refractivity contribution < 1.29 is 0 Å². The largest absolute Gasteiger partial charge is 0.313 e. The molecule has 3 saturated carbocycles. The highest BCUT2D eigenvalue weighted by atomic mass is 32.1. The Morgan fingerprint density at radius 2 is 2.18 bits per heavy atom. The molecule has 2 unspecified atom stereocenters. The van der Waals surface area contributed by atoms with Gasteiger partial charge >= 0.3 is 0 Å². The van der Waals surface area contributed by atoms with Gasteiger partial charge in [-0.05, 0) is 55.8 Å². The summed E-state index contributed by atoms with van der Waals surface area (Å²) in [6, 6.07) is 0.852. The van der Waals surface area contributed by atoms with Crippen LogP contribution in [0.1, 0.15) is 37.0 Å². The van der Waals surface area contributed by atoms with Gasteiger partial charge in [-0.15, -0.1) is 11.3 Å². The predicted octanol–water partition coefficient (Wildman–Crippen LogP) is 2.85. The number of thiazole rings is 1. The molecule has 4 rings (SSSR count). The molecule has 0 aliphatic heterocycles. The van der Waals surface area contributed by atoms with Crippen LogP contribution in [0.15, 0.2) is 11.7 Å². The molecule has 3 aliphatic carbocycles. The molecule has 0 spiro atoms. The van der Waals surface area contributed by atoms with E-state index in [0.717, 1.165) is 17.9 Å². The van der Waals surface area contributed by atoms with E-state index >= 15 is 0 Å². The molecule has 3 aliphatic rings. The van der Waals surface area contributed by atoms with Crippen LogP contribution in [-0.2, 0) is 6.42 Å². The van der Waals surface area contributed by atoms with Crippen LogP contribution < -0.4 is 5.32 Å². The van der Waals surface area contributed by atoms with Crippen molar-refractivity contribution in [1.29, 1.82) is 0 Å². The number of hydrogen-bond acceptors (Lipinski definition) is 3. The first kappa shape index (κ1) is 10.5. The Labute approximate surface area is 107 Å². The maximum absolute atomic E-state index is 4.23. The predicted molar refractivity (Wildman–Crippen MR) is 70.1 cm³/mol. The van der Waals surface area contributed by atoms with Gasteiger partial charge < -0.3 is 5.32 Å². The second-order valence-corrected chi connectivity index (χ2v) is 7.43. The van der Waals surface area contributed by atoms with Crippen LogP contribution in [0, 0.1) is 17.3 Å². The monoisotopic (exact) mass is 248 g/mol. The van der Waals surface area contributed by atoms with Gasteiger partial charge in [0.05, 0.1) is 5.51 Å². The Balaban J connectivity index is 1.46. The first-order chi connectivity index (χ1) is 8.33. The molecule has 0 amide bonds. The second-order valence-electron chi connectivity index (χ2n) is 6.46. The normalized spacial score (nSPS) is 39.3. The Kier molecular flexibility index (Phi) is 2.34. The average molecular weight is 248 g/mol. The minimum Gasteiger partial charge on any atom is -0.313 e. The Hall–Kier alpha value is -0.410. The summed E-state index contributed by atoms with van der Waals surface area (Å²) >= 11 is 1.84.